The Morgan fingerprint density at radius 2 is 2.00 bits per heavy atom. The SMILES string of the molecule is COC1CCC(N2C(=O)C(CC(C)C)NC2C(C)C)C1. The Hall–Kier alpha value is -0.610. The molecule has 1 aliphatic carbocycles. The third-order valence-corrected chi connectivity index (χ3v) is 4.65. The first-order valence-electron chi connectivity index (χ1n) is 8.05. The van der Waals surface area contributed by atoms with Gasteiger partial charge in [-0.15, -0.1) is 0 Å². The van der Waals surface area contributed by atoms with Gasteiger partial charge in [-0.2, -0.15) is 0 Å². The number of rotatable bonds is 5. The van der Waals surface area contributed by atoms with Gasteiger partial charge in [0, 0.05) is 13.2 Å². The Morgan fingerprint density at radius 1 is 1.30 bits per heavy atom. The second-order valence-electron chi connectivity index (χ2n) is 7.11. The van der Waals surface area contributed by atoms with Crippen molar-refractivity contribution in [3.05, 3.63) is 0 Å². The van der Waals surface area contributed by atoms with E-state index in [0.717, 1.165) is 25.7 Å². The molecule has 1 saturated heterocycles. The molecule has 2 aliphatic rings. The van der Waals surface area contributed by atoms with Crippen molar-refractivity contribution >= 4 is 5.91 Å². The molecule has 4 unspecified atom stereocenters. The molecule has 4 atom stereocenters. The highest BCUT2D eigenvalue weighted by Crippen LogP contribution is 2.32. The highest BCUT2D eigenvalue weighted by atomic mass is 16.5. The molecule has 116 valence electrons. The van der Waals surface area contributed by atoms with Crippen LogP contribution in [0.5, 0.6) is 0 Å². The summed E-state index contributed by atoms with van der Waals surface area (Å²) < 4.78 is 5.46. The normalized spacial score (nSPS) is 34.8. The highest BCUT2D eigenvalue weighted by molar-refractivity contribution is 5.84. The number of hydrogen-bond acceptors (Lipinski definition) is 3. The molecule has 4 nitrogen and oxygen atoms in total. The molecule has 20 heavy (non-hydrogen) atoms. The fourth-order valence-electron chi connectivity index (χ4n) is 3.62. The summed E-state index contributed by atoms with van der Waals surface area (Å²) in [4.78, 5) is 14.9. The summed E-state index contributed by atoms with van der Waals surface area (Å²) in [6.07, 6.45) is 4.57. The van der Waals surface area contributed by atoms with Crippen molar-refractivity contribution in [3.63, 3.8) is 0 Å². The fraction of sp³-hybridized carbons (Fsp3) is 0.938. The quantitative estimate of drug-likeness (QED) is 0.842. The van der Waals surface area contributed by atoms with Gasteiger partial charge in [-0.05, 0) is 37.5 Å². The molecule has 1 N–H and O–H groups in total. The third kappa shape index (κ3) is 3.17. The second kappa shape index (κ2) is 6.44. The third-order valence-electron chi connectivity index (χ3n) is 4.65. The van der Waals surface area contributed by atoms with Crippen molar-refractivity contribution in [2.24, 2.45) is 11.8 Å². The molecule has 0 bridgehead atoms. The number of nitrogens with one attached hydrogen (secondary N) is 1. The highest BCUT2D eigenvalue weighted by Gasteiger charge is 2.45. The Labute approximate surface area is 123 Å². The van der Waals surface area contributed by atoms with Crippen LogP contribution in [0.3, 0.4) is 0 Å². The first-order valence-corrected chi connectivity index (χ1v) is 8.05. The summed E-state index contributed by atoms with van der Waals surface area (Å²) >= 11 is 0. The fourth-order valence-corrected chi connectivity index (χ4v) is 3.62. The molecule has 1 saturated carbocycles. The van der Waals surface area contributed by atoms with Gasteiger partial charge in [0.25, 0.3) is 0 Å². The average Bonchev–Trinajstić information content (AvgIpc) is 2.94. The van der Waals surface area contributed by atoms with E-state index >= 15 is 0 Å². The van der Waals surface area contributed by atoms with Crippen LogP contribution in [0.4, 0.5) is 0 Å². The molecule has 0 spiro atoms. The number of hydrogen-bond donors (Lipinski definition) is 1. The van der Waals surface area contributed by atoms with Gasteiger partial charge >= 0.3 is 0 Å². The zero-order valence-electron chi connectivity index (χ0n) is 13.6. The topological polar surface area (TPSA) is 41.6 Å². The predicted octanol–water partition coefficient (Wildman–Crippen LogP) is 2.38. The summed E-state index contributed by atoms with van der Waals surface area (Å²) in [5, 5.41) is 3.57. The standard InChI is InChI=1S/C16H30N2O2/c1-10(2)8-14-16(19)18(15(17-14)11(3)4)12-6-7-13(9-12)20-5/h10-15,17H,6-9H2,1-5H3. The number of amides is 1. The number of methoxy groups -OCH3 is 1. The van der Waals surface area contributed by atoms with Crippen LogP contribution >= 0.6 is 0 Å². The van der Waals surface area contributed by atoms with Crippen molar-refractivity contribution in [1.82, 2.24) is 10.2 Å². The molecule has 4 heteroatoms. The first kappa shape index (κ1) is 15.8. The van der Waals surface area contributed by atoms with Gasteiger partial charge in [0.05, 0.1) is 18.3 Å². The van der Waals surface area contributed by atoms with Crippen LogP contribution in [0.25, 0.3) is 0 Å². The summed E-state index contributed by atoms with van der Waals surface area (Å²) in [5.74, 6) is 1.29. The number of carbonyl (C=O) groups excluding carboxylic acids is 1. The van der Waals surface area contributed by atoms with Crippen LogP contribution in [-0.2, 0) is 9.53 Å². The largest absolute Gasteiger partial charge is 0.381 e. The van der Waals surface area contributed by atoms with Gasteiger partial charge in [-0.25, -0.2) is 0 Å². The zero-order valence-corrected chi connectivity index (χ0v) is 13.6. The van der Waals surface area contributed by atoms with Gasteiger partial charge in [0.15, 0.2) is 0 Å². The van der Waals surface area contributed by atoms with Crippen molar-refractivity contribution in [2.75, 3.05) is 7.11 Å². The lowest BCUT2D eigenvalue weighted by atomic mass is 10.0. The van der Waals surface area contributed by atoms with Crippen LogP contribution < -0.4 is 5.32 Å². The summed E-state index contributed by atoms with van der Waals surface area (Å²) in [6, 6.07) is 0.355. The molecule has 1 heterocycles. The van der Waals surface area contributed by atoms with Crippen molar-refractivity contribution in [3.8, 4) is 0 Å². The number of ether oxygens (including phenoxy) is 1. The summed E-state index contributed by atoms with van der Waals surface area (Å²) in [5.41, 5.74) is 0. The Morgan fingerprint density at radius 3 is 2.50 bits per heavy atom. The second-order valence-corrected chi connectivity index (χ2v) is 7.11. The lowest BCUT2D eigenvalue weighted by Crippen LogP contribution is -2.46. The van der Waals surface area contributed by atoms with E-state index in [0.29, 0.717) is 29.9 Å². The van der Waals surface area contributed by atoms with E-state index in [1.54, 1.807) is 7.11 Å². The summed E-state index contributed by atoms with van der Waals surface area (Å²) in [6.45, 7) is 8.74. The van der Waals surface area contributed by atoms with E-state index in [1.165, 1.54) is 0 Å². The van der Waals surface area contributed by atoms with Crippen LogP contribution in [0.15, 0.2) is 0 Å². The van der Waals surface area contributed by atoms with Crippen LogP contribution in [0, 0.1) is 11.8 Å². The maximum atomic E-state index is 12.8. The van der Waals surface area contributed by atoms with E-state index in [-0.39, 0.29) is 12.2 Å². The minimum absolute atomic E-state index is 0.00370. The monoisotopic (exact) mass is 282 g/mol. The van der Waals surface area contributed by atoms with Crippen LogP contribution in [-0.4, -0.2) is 42.3 Å². The summed E-state index contributed by atoms with van der Waals surface area (Å²) in [7, 11) is 1.78. The minimum Gasteiger partial charge on any atom is -0.381 e. The minimum atomic E-state index is 0.00370. The number of carbonyl (C=O) groups is 1. The molecular formula is C16H30N2O2. The molecule has 1 amide bonds. The lowest BCUT2D eigenvalue weighted by molar-refractivity contribution is -0.133. The van der Waals surface area contributed by atoms with E-state index in [2.05, 4.69) is 37.9 Å². The van der Waals surface area contributed by atoms with Gasteiger partial charge < -0.3 is 9.64 Å². The van der Waals surface area contributed by atoms with E-state index in [1.807, 2.05) is 0 Å². The molecule has 2 rings (SSSR count). The van der Waals surface area contributed by atoms with Crippen molar-refractivity contribution in [2.45, 2.75) is 77.7 Å². The van der Waals surface area contributed by atoms with E-state index in [4.69, 9.17) is 4.74 Å². The molecule has 0 aromatic carbocycles. The molecule has 0 radical (unpaired) electrons. The van der Waals surface area contributed by atoms with Gasteiger partial charge in [0.2, 0.25) is 5.91 Å². The zero-order chi connectivity index (χ0) is 14.9. The maximum Gasteiger partial charge on any atom is 0.241 e. The first-order chi connectivity index (χ1) is 9.43. The Kier molecular flexibility index (Phi) is 5.08. The Balaban J connectivity index is 2.10. The molecule has 1 aliphatic heterocycles. The van der Waals surface area contributed by atoms with Crippen LogP contribution in [0.2, 0.25) is 0 Å². The van der Waals surface area contributed by atoms with Gasteiger partial charge in [-0.1, -0.05) is 27.7 Å². The smallest absolute Gasteiger partial charge is 0.241 e. The van der Waals surface area contributed by atoms with Gasteiger partial charge in [-0.3, -0.25) is 10.1 Å². The van der Waals surface area contributed by atoms with E-state index in [9.17, 15) is 4.79 Å². The van der Waals surface area contributed by atoms with Crippen molar-refractivity contribution in [1.29, 1.82) is 0 Å². The van der Waals surface area contributed by atoms with Gasteiger partial charge in [0.1, 0.15) is 0 Å². The molecule has 2 fully saturated rings. The van der Waals surface area contributed by atoms with E-state index < -0.39 is 0 Å². The van der Waals surface area contributed by atoms with Crippen molar-refractivity contribution < 1.29 is 9.53 Å². The number of nitrogens with zero attached hydrogens (tertiary/aromatic N) is 1. The lowest BCUT2D eigenvalue weighted by Gasteiger charge is -2.32. The molecular weight excluding hydrogens is 252 g/mol. The van der Waals surface area contributed by atoms with Crippen LogP contribution in [0.1, 0.15) is 53.4 Å². The average molecular weight is 282 g/mol. The predicted molar refractivity (Wildman–Crippen MR) is 80.3 cm³/mol. The maximum absolute atomic E-state index is 12.8. The Bertz CT molecular complexity index is 343. The molecule has 0 aromatic heterocycles. The molecule has 0 aromatic rings.